The number of quaternary nitrogens is 1. The molecule has 1 amide bonds. The molecule has 3 N–H and O–H groups in total. The van der Waals surface area contributed by atoms with Crippen molar-refractivity contribution in [2.75, 3.05) is 18.5 Å². The maximum atomic E-state index is 13.2. The molecule has 0 aliphatic rings. The molecule has 0 unspecified atom stereocenters. The van der Waals surface area contributed by atoms with Crippen LogP contribution in [0.2, 0.25) is 0 Å². The van der Waals surface area contributed by atoms with Crippen molar-refractivity contribution < 1.29 is 24.0 Å². The summed E-state index contributed by atoms with van der Waals surface area (Å²) in [6.45, 7) is 6.28. The third-order valence-corrected chi connectivity index (χ3v) is 4.23. The largest absolute Gasteiger partial charge is 0.462 e. The summed E-state index contributed by atoms with van der Waals surface area (Å²) in [5.41, 5.74) is 1.72. The summed E-state index contributed by atoms with van der Waals surface area (Å²) in [6.07, 6.45) is 0. The molecule has 6 heteroatoms. The van der Waals surface area contributed by atoms with E-state index in [0.29, 0.717) is 11.3 Å². The Labute approximate surface area is 158 Å². The number of carbonyl (C=O) groups excluding carboxylic acids is 2. The minimum atomic E-state index is -0.469. The third-order valence-electron chi connectivity index (χ3n) is 4.23. The van der Waals surface area contributed by atoms with Crippen LogP contribution in [0.15, 0.2) is 48.5 Å². The fraction of sp³-hybridized carbons (Fsp3) is 0.333. The zero-order valence-electron chi connectivity index (χ0n) is 15.9. The van der Waals surface area contributed by atoms with E-state index in [1.54, 1.807) is 43.3 Å². The SMILES string of the molecule is CCOC(=O)c1ccccc1NC(=O)C[NH2+][C@H](c1ccc(F)cc1)C(C)C. The lowest BCUT2D eigenvalue weighted by atomic mass is 9.96. The lowest BCUT2D eigenvalue weighted by molar-refractivity contribution is -0.692. The maximum absolute atomic E-state index is 13.2. The molecule has 0 aliphatic carbocycles. The molecule has 0 saturated heterocycles. The van der Waals surface area contributed by atoms with Gasteiger partial charge in [0.25, 0.3) is 5.91 Å². The quantitative estimate of drug-likeness (QED) is 0.699. The van der Waals surface area contributed by atoms with Crippen molar-refractivity contribution in [1.82, 2.24) is 0 Å². The molecule has 144 valence electrons. The topological polar surface area (TPSA) is 72.0 Å². The number of anilines is 1. The van der Waals surface area contributed by atoms with Crippen LogP contribution < -0.4 is 10.6 Å². The minimum absolute atomic E-state index is 0.0247. The highest BCUT2D eigenvalue weighted by atomic mass is 19.1. The maximum Gasteiger partial charge on any atom is 0.340 e. The van der Waals surface area contributed by atoms with Crippen molar-refractivity contribution in [2.45, 2.75) is 26.8 Å². The van der Waals surface area contributed by atoms with Gasteiger partial charge >= 0.3 is 5.97 Å². The van der Waals surface area contributed by atoms with Crippen LogP contribution in [-0.2, 0) is 9.53 Å². The first-order valence-corrected chi connectivity index (χ1v) is 9.07. The van der Waals surface area contributed by atoms with E-state index in [1.165, 1.54) is 12.1 Å². The lowest BCUT2D eigenvalue weighted by Crippen LogP contribution is -2.88. The van der Waals surface area contributed by atoms with E-state index < -0.39 is 5.97 Å². The number of benzene rings is 2. The standard InChI is InChI=1S/C21H25FN2O3/c1-4-27-21(26)17-7-5-6-8-18(17)24-19(25)13-23-20(14(2)3)15-9-11-16(22)12-10-15/h5-12,14,20,23H,4,13H2,1-3H3,(H,24,25)/p+1/t20-/m0/s1. The molecule has 5 nitrogen and oxygen atoms in total. The highest BCUT2D eigenvalue weighted by molar-refractivity contribution is 6.01. The summed E-state index contributed by atoms with van der Waals surface area (Å²) in [4.78, 5) is 24.4. The summed E-state index contributed by atoms with van der Waals surface area (Å²) in [5, 5.41) is 4.69. The fourth-order valence-corrected chi connectivity index (χ4v) is 2.89. The predicted octanol–water partition coefficient (Wildman–Crippen LogP) is 2.90. The van der Waals surface area contributed by atoms with Gasteiger partial charge in [-0.25, -0.2) is 9.18 Å². The molecule has 2 aromatic carbocycles. The van der Waals surface area contributed by atoms with Crippen LogP contribution in [-0.4, -0.2) is 25.0 Å². The Bertz CT molecular complexity index is 775. The molecule has 0 aliphatic heterocycles. The molecule has 0 saturated carbocycles. The zero-order chi connectivity index (χ0) is 19.8. The number of rotatable bonds is 8. The molecule has 0 spiro atoms. The zero-order valence-corrected chi connectivity index (χ0v) is 15.9. The lowest BCUT2D eigenvalue weighted by Gasteiger charge is -2.19. The van der Waals surface area contributed by atoms with Crippen molar-refractivity contribution in [3.63, 3.8) is 0 Å². The van der Waals surface area contributed by atoms with Crippen LogP contribution in [0.1, 0.15) is 42.7 Å². The first kappa shape index (κ1) is 20.6. The predicted molar refractivity (Wildman–Crippen MR) is 102 cm³/mol. The number of nitrogens with one attached hydrogen (secondary N) is 1. The molecule has 0 fully saturated rings. The highest BCUT2D eigenvalue weighted by Gasteiger charge is 2.21. The van der Waals surface area contributed by atoms with Crippen molar-refractivity contribution in [3.8, 4) is 0 Å². The van der Waals surface area contributed by atoms with Gasteiger partial charge in [-0.3, -0.25) is 4.79 Å². The number of ether oxygens (including phenoxy) is 1. The Balaban J connectivity index is 2.03. The van der Waals surface area contributed by atoms with E-state index in [0.717, 1.165) is 5.56 Å². The van der Waals surface area contributed by atoms with Crippen LogP contribution in [0, 0.1) is 11.7 Å². The molecule has 0 heterocycles. The van der Waals surface area contributed by atoms with Gasteiger partial charge in [0, 0.05) is 11.5 Å². The van der Waals surface area contributed by atoms with Gasteiger partial charge in [-0.1, -0.05) is 38.1 Å². The van der Waals surface area contributed by atoms with Crippen LogP contribution in [0.3, 0.4) is 0 Å². The Morgan fingerprint density at radius 3 is 2.41 bits per heavy atom. The van der Waals surface area contributed by atoms with Gasteiger partial charge in [0.1, 0.15) is 11.9 Å². The first-order chi connectivity index (χ1) is 12.9. The third kappa shape index (κ3) is 5.89. The molecule has 0 radical (unpaired) electrons. The van der Waals surface area contributed by atoms with Gasteiger partial charge in [0.15, 0.2) is 6.54 Å². The number of amides is 1. The number of hydrogen-bond donors (Lipinski definition) is 2. The summed E-state index contributed by atoms with van der Waals surface area (Å²) in [6, 6.07) is 13.1. The summed E-state index contributed by atoms with van der Waals surface area (Å²) in [7, 11) is 0. The first-order valence-electron chi connectivity index (χ1n) is 9.07. The highest BCUT2D eigenvalue weighted by Crippen LogP contribution is 2.18. The minimum Gasteiger partial charge on any atom is -0.462 e. The number of hydrogen-bond acceptors (Lipinski definition) is 3. The summed E-state index contributed by atoms with van der Waals surface area (Å²) < 4.78 is 18.2. The van der Waals surface area contributed by atoms with E-state index in [9.17, 15) is 14.0 Å². The molecule has 0 bridgehead atoms. The van der Waals surface area contributed by atoms with Crippen LogP contribution in [0.5, 0.6) is 0 Å². The molecule has 2 rings (SSSR count). The van der Waals surface area contributed by atoms with Crippen molar-refractivity contribution in [3.05, 3.63) is 65.5 Å². The van der Waals surface area contributed by atoms with Gasteiger partial charge < -0.3 is 15.4 Å². The second kappa shape index (κ2) is 9.83. The number of nitrogens with two attached hydrogens (primary N) is 1. The van der Waals surface area contributed by atoms with Crippen molar-refractivity contribution >= 4 is 17.6 Å². The van der Waals surface area contributed by atoms with Crippen molar-refractivity contribution in [2.24, 2.45) is 5.92 Å². The van der Waals surface area contributed by atoms with E-state index in [2.05, 4.69) is 19.2 Å². The molecular formula is C21H26FN2O3+. The number of esters is 1. The Morgan fingerprint density at radius 1 is 1.11 bits per heavy atom. The van der Waals surface area contributed by atoms with Crippen LogP contribution >= 0.6 is 0 Å². The van der Waals surface area contributed by atoms with E-state index in [4.69, 9.17) is 4.74 Å². The second-order valence-corrected chi connectivity index (χ2v) is 6.58. The van der Waals surface area contributed by atoms with Gasteiger partial charge in [0.05, 0.1) is 17.9 Å². The van der Waals surface area contributed by atoms with E-state index in [1.807, 2.05) is 5.32 Å². The molecule has 0 aromatic heterocycles. The van der Waals surface area contributed by atoms with Gasteiger partial charge in [-0.2, -0.15) is 0 Å². The smallest absolute Gasteiger partial charge is 0.340 e. The molecule has 2 aromatic rings. The second-order valence-electron chi connectivity index (χ2n) is 6.58. The normalized spacial score (nSPS) is 11.9. The van der Waals surface area contributed by atoms with E-state index in [-0.39, 0.29) is 36.8 Å². The Kier molecular flexibility index (Phi) is 7.49. The molecule has 1 atom stereocenters. The Morgan fingerprint density at radius 2 is 1.78 bits per heavy atom. The number of carbonyl (C=O) groups is 2. The van der Waals surface area contributed by atoms with Crippen LogP contribution in [0.25, 0.3) is 0 Å². The molecule has 27 heavy (non-hydrogen) atoms. The summed E-state index contributed by atoms with van der Waals surface area (Å²) in [5.74, 6) is -0.715. The van der Waals surface area contributed by atoms with Gasteiger partial charge in [-0.15, -0.1) is 0 Å². The summed E-state index contributed by atoms with van der Waals surface area (Å²) >= 11 is 0. The van der Waals surface area contributed by atoms with Gasteiger partial charge in [-0.05, 0) is 31.2 Å². The monoisotopic (exact) mass is 373 g/mol. The fourth-order valence-electron chi connectivity index (χ4n) is 2.89. The Hall–Kier alpha value is -2.73. The average Bonchev–Trinajstić information content (AvgIpc) is 2.63. The number of halogens is 1. The van der Waals surface area contributed by atoms with E-state index >= 15 is 0 Å². The molecular weight excluding hydrogens is 347 g/mol. The van der Waals surface area contributed by atoms with Crippen LogP contribution in [0.4, 0.5) is 10.1 Å². The average molecular weight is 373 g/mol. The van der Waals surface area contributed by atoms with Gasteiger partial charge in [0.2, 0.25) is 0 Å². The van der Waals surface area contributed by atoms with Crippen molar-refractivity contribution in [1.29, 1.82) is 0 Å². The number of para-hydroxylation sites is 1.